The van der Waals surface area contributed by atoms with Crippen LogP contribution >= 0.6 is 40.2 Å². The molecule has 0 aliphatic carbocycles. The molecule has 0 spiro atoms. The van der Waals surface area contributed by atoms with Crippen molar-refractivity contribution in [3.05, 3.63) is 122 Å². The lowest BCUT2D eigenvalue weighted by Crippen LogP contribution is -2.48. The predicted molar refractivity (Wildman–Crippen MR) is 183 cm³/mol. The van der Waals surface area contributed by atoms with Crippen LogP contribution in [0.25, 0.3) is 6.08 Å². The quantitative estimate of drug-likeness (QED) is 0.164. The summed E-state index contributed by atoms with van der Waals surface area (Å²) in [6.07, 6.45) is 3.48. The molecule has 0 bridgehead atoms. The number of aryl methyl sites for hydroxylation is 2. The van der Waals surface area contributed by atoms with Crippen molar-refractivity contribution in [3.8, 4) is 17.4 Å². The van der Waals surface area contributed by atoms with Crippen LogP contribution in [0.5, 0.6) is 17.4 Å². The Kier molecular flexibility index (Phi) is 11.9. The Morgan fingerprint density at radius 1 is 0.932 bits per heavy atom. The molecular weight excluding hydrogens is 661 g/mol. The first-order valence-corrected chi connectivity index (χ1v) is 15.1. The van der Waals surface area contributed by atoms with E-state index in [1.807, 2.05) is 55.2 Å². The number of carbonyl (C=O) groups is 1. The van der Waals surface area contributed by atoms with E-state index < -0.39 is 0 Å². The van der Waals surface area contributed by atoms with E-state index in [1.165, 1.54) is 11.1 Å². The van der Waals surface area contributed by atoms with E-state index >= 15 is 0 Å². The molecule has 1 aliphatic heterocycles. The summed E-state index contributed by atoms with van der Waals surface area (Å²) in [5.74, 6) is 1.56. The Labute approximate surface area is 280 Å². The van der Waals surface area contributed by atoms with Crippen LogP contribution in [0.3, 0.4) is 0 Å². The van der Waals surface area contributed by atoms with E-state index in [4.69, 9.17) is 32.7 Å². The fourth-order valence-electron chi connectivity index (χ4n) is 4.99. The molecule has 9 heteroatoms. The number of halogens is 3. The van der Waals surface area contributed by atoms with Crippen molar-refractivity contribution in [1.82, 2.24) is 14.8 Å². The molecule has 0 N–H and O–H groups in total. The van der Waals surface area contributed by atoms with E-state index in [9.17, 15) is 4.79 Å². The first kappa shape index (κ1) is 33.5. The Morgan fingerprint density at radius 3 is 2.32 bits per heavy atom. The van der Waals surface area contributed by atoms with Gasteiger partial charge in [0.2, 0.25) is 11.8 Å². The summed E-state index contributed by atoms with van der Waals surface area (Å²) in [6, 6.07) is 23.5. The SMILES string of the molecule is Br.C/C(=C\c1cc(C)c(Oc2ccc(OCc3ccccc3Cl)cn2)c(Cl)c1)C(=O)N1CCN(Cc2ccc(C)cc2)CC1. The van der Waals surface area contributed by atoms with Gasteiger partial charge in [0.1, 0.15) is 12.4 Å². The van der Waals surface area contributed by atoms with Crippen LogP contribution in [0.4, 0.5) is 0 Å². The molecule has 1 saturated heterocycles. The number of nitrogens with zero attached hydrogens (tertiary/aromatic N) is 3. The van der Waals surface area contributed by atoms with Gasteiger partial charge in [0.15, 0.2) is 5.75 Å². The summed E-state index contributed by atoms with van der Waals surface area (Å²) in [5.41, 5.74) is 5.81. The summed E-state index contributed by atoms with van der Waals surface area (Å²) in [6.45, 7) is 10.2. The van der Waals surface area contributed by atoms with Crippen LogP contribution in [-0.2, 0) is 17.9 Å². The summed E-state index contributed by atoms with van der Waals surface area (Å²) in [4.78, 5) is 21.9. The number of hydrogen-bond acceptors (Lipinski definition) is 5. The van der Waals surface area contributed by atoms with Crippen molar-refractivity contribution in [2.24, 2.45) is 0 Å². The highest BCUT2D eigenvalue weighted by atomic mass is 79.9. The van der Waals surface area contributed by atoms with Crippen molar-refractivity contribution in [2.75, 3.05) is 26.2 Å². The zero-order valence-corrected chi connectivity index (χ0v) is 28.3. The van der Waals surface area contributed by atoms with E-state index in [2.05, 4.69) is 41.1 Å². The number of carbonyl (C=O) groups excluding carboxylic acids is 1. The fraction of sp³-hybridized carbons (Fsp3) is 0.257. The molecule has 0 atom stereocenters. The number of rotatable bonds is 9. The lowest BCUT2D eigenvalue weighted by atomic mass is 10.1. The molecule has 6 nitrogen and oxygen atoms in total. The molecule has 0 radical (unpaired) electrons. The zero-order chi connectivity index (χ0) is 30.3. The standard InChI is InChI=1S/C35H35Cl2N3O3.BrH/c1-24-8-10-27(11-9-24)22-39-14-16-40(17-15-39)35(41)26(3)19-28-18-25(2)34(32(37)20-28)43-33-13-12-30(21-38-33)42-23-29-6-4-5-7-31(29)36;/h4-13,18-21H,14-17,22-23H2,1-3H3;1H/b26-19+;. The molecule has 1 amide bonds. The van der Waals surface area contributed by atoms with Crippen LogP contribution in [0.2, 0.25) is 10.0 Å². The molecule has 44 heavy (non-hydrogen) atoms. The van der Waals surface area contributed by atoms with Gasteiger partial charge in [-0.15, -0.1) is 17.0 Å². The maximum Gasteiger partial charge on any atom is 0.249 e. The van der Waals surface area contributed by atoms with E-state index in [0.717, 1.165) is 36.3 Å². The number of pyridine rings is 1. The highest BCUT2D eigenvalue weighted by Crippen LogP contribution is 2.34. The Morgan fingerprint density at radius 2 is 1.66 bits per heavy atom. The normalized spacial score (nSPS) is 13.8. The molecule has 0 unspecified atom stereocenters. The number of aromatic nitrogens is 1. The topological polar surface area (TPSA) is 54.9 Å². The van der Waals surface area contributed by atoms with Gasteiger partial charge in [-0.2, -0.15) is 0 Å². The van der Waals surface area contributed by atoms with Crippen molar-refractivity contribution in [3.63, 3.8) is 0 Å². The second-order valence-corrected chi connectivity index (χ2v) is 11.7. The molecule has 5 rings (SSSR count). The monoisotopic (exact) mass is 695 g/mol. The average molecular weight is 698 g/mol. The second-order valence-electron chi connectivity index (χ2n) is 10.8. The predicted octanol–water partition coefficient (Wildman–Crippen LogP) is 8.70. The van der Waals surface area contributed by atoms with Gasteiger partial charge < -0.3 is 14.4 Å². The number of hydrogen-bond donors (Lipinski definition) is 0. The van der Waals surface area contributed by atoms with Gasteiger partial charge in [0.25, 0.3) is 0 Å². The van der Waals surface area contributed by atoms with Gasteiger partial charge in [-0.25, -0.2) is 4.98 Å². The molecule has 3 aromatic carbocycles. The molecule has 1 aromatic heterocycles. The van der Waals surface area contributed by atoms with Gasteiger partial charge >= 0.3 is 0 Å². The molecule has 0 saturated carbocycles. The maximum absolute atomic E-state index is 13.2. The molecule has 4 aromatic rings. The third-order valence-corrected chi connectivity index (χ3v) is 8.08. The highest BCUT2D eigenvalue weighted by Gasteiger charge is 2.22. The zero-order valence-electron chi connectivity index (χ0n) is 25.1. The summed E-state index contributed by atoms with van der Waals surface area (Å²) in [5, 5.41) is 1.10. The molecule has 230 valence electrons. The number of amides is 1. The minimum atomic E-state index is 0. The molecular formula is C35H36BrCl2N3O3. The number of ether oxygens (including phenoxy) is 2. The van der Waals surface area contributed by atoms with Gasteiger partial charge in [-0.3, -0.25) is 9.69 Å². The summed E-state index contributed by atoms with van der Waals surface area (Å²) < 4.78 is 11.8. The van der Waals surface area contributed by atoms with Crippen LogP contribution in [0.15, 0.2) is 84.6 Å². The minimum absolute atomic E-state index is 0. The van der Waals surface area contributed by atoms with E-state index in [-0.39, 0.29) is 22.9 Å². The first-order chi connectivity index (χ1) is 20.7. The van der Waals surface area contributed by atoms with E-state index in [1.54, 1.807) is 24.4 Å². The Bertz CT molecular complexity index is 1580. The Balaban J connectivity index is 0.00000442. The lowest BCUT2D eigenvalue weighted by molar-refractivity contribution is -0.128. The smallest absolute Gasteiger partial charge is 0.249 e. The maximum atomic E-state index is 13.2. The fourth-order valence-corrected chi connectivity index (χ4v) is 5.49. The number of piperazine rings is 1. The van der Waals surface area contributed by atoms with Crippen molar-refractivity contribution in [2.45, 2.75) is 33.9 Å². The van der Waals surface area contributed by atoms with Gasteiger partial charge in [0, 0.05) is 54.9 Å². The van der Waals surface area contributed by atoms with Gasteiger partial charge in [-0.1, -0.05) is 71.2 Å². The van der Waals surface area contributed by atoms with Gasteiger partial charge in [0.05, 0.1) is 11.2 Å². The lowest BCUT2D eigenvalue weighted by Gasteiger charge is -2.35. The molecule has 1 aliphatic rings. The Hall–Kier alpha value is -3.36. The summed E-state index contributed by atoms with van der Waals surface area (Å²) >= 11 is 12.8. The van der Waals surface area contributed by atoms with Gasteiger partial charge in [-0.05, 0) is 67.8 Å². The van der Waals surface area contributed by atoms with E-state index in [0.29, 0.717) is 52.7 Å². The molecule has 1 fully saturated rings. The minimum Gasteiger partial charge on any atom is -0.487 e. The van der Waals surface area contributed by atoms with Crippen molar-refractivity contribution in [1.29, 1.82) is 0 Å². The molecule has 2 heterocycles. The highest BCUT2D eigenvalue weighted by molar-refractivity contribution is 8.93. The van der Waals surface area contributed by atoms with Crippen LogP contribution in [0, 0.1) is 13.8 Å². The third kappa shape index (κ3) is 8.85. The van der Waals surface area contributed by atoms with Crippen LogP contribution in [-0.4, -0.2) is 46.9 Å². The number of benzene rings is 3. The van der Waals surface area contributed by atoms with Crippen LogP contribution in [0.1, 0.15) is 34.7 Å². The first-order valence-electron chi connectivity index (χ1n) is 14.3. The largest absolute Gasteiger partial charge is 0.487 e. The third-order valence-electron chi connectivity index (χ3n) is 7.43. The second kappa shape index (κ2) is 15.6. The van der Waals surface area contributed by atoms with Crippen molar-refractivity contribution >= 4 is 52.2 Å². The van der Waals surface area contributed by atoms with Crippen LogP contribution < -0.4 is 9.47 Å². The van der Waals surface area contributed by atoms with Crippen molar-refractivity contribution < 1.29 is 14.3 Å². The average Bonchev–Trinajstić information content (AvgIpc) is 3.00. The summed E-state index contributed by atoms with van der Waals surface area (Å²) in [7, 11) is 0.